The van der Waals surface area contributed by atoms with Gasteiger partial charge in [0.05, 0.1) is 0 Å². The molecule has 0 unspecified atom stereocenters. The van der Waals surface area contributed by atoms with Crippen molar-refractivity contribution in [3.63, 3.8) is 0 Å². The molecule has 0 radical (unpaired) electrons. The van der Waals surface area contributed by atoms with Gasteiger partial charge in [0.1, 0.15) is 0 Å². The standard InChI is InChI=1S/C16H23N/c1-12-8-9-16(13(2)10-12)14(3)17-11-15-6-4-5-7-15/h8-10,15,17H,3-7,11H2,1-2H3. The molecule has 1 heteroatoms. The van der Waals surface area contributed by atoms with E-state index in [1.54, 1.807) is 0 Å². The van der Waals surface area contributed by atoms with Crippen LogP contribution in [0.5, 0.6) is 0 Å². The summed E-state index contributed by atoms with van der Waals surface area (Å²) in [6.45, 7) is 9.54. The highest BCUT2D eigenvalue weighted by Crippen LogP contribution is 2.25. The molecule has 92 valence electrons. The quantitative estimate of drug-likeness (QED) is 0.821. The predicted molar refractivity (Wildman–Crippen MR) is 74.9 cm³/mol. The number of rotatable bonds is 4. The van der Waals surface area contributed by atoms with Gasteiger partial charge in [-0.2, -0.15) is 0 Å². The molecule has 0 amide bonds. The first-order chi connectivity index (χ1) is 8.16. The highest BCUT2D eigenvalue weighted by Gasteiger charge is 2.14. The van der Waals surface area contributed by atoms with Gasteiger partial charge in [-0.25, -0.2) is 0 Å². The molecule has 1 aliphatic rings. The fraction of sp³-hybridized carbons (Fsp3) is 0.500. The van der Waals surface area contributed by atoms with Crippen LogP contribution in [0.3, 0.4) is 0 Å². The highest BCUT2D eigenvalue weighted by molar-refractivity contribution is 5.64. The maximum absolute atomic E-state index is 4.17. The molecule has 2 rings (SSSR count). The molecule has 17 heavy (non-hydrogen) atoms. The average molecular weight is 229 g/mol. The first kappa shape index (κ1) is 12.2. The second kappa shape index (κ2) is 5.39. The summed E-state index contributed by atoms with van der Waals surface area (Å²) in [5.74, 6) is 0.859. The monoisotopic (exact) mass is 229 g/mol. The minimum Gasteiger partial charge on any atom is -0.385 e. The Kier molecular flexibility index (Phi) is 3.88. The number of aryl methyl sites for hydroxylation is 2. The van der Waals surface area contributed by atoms with Crippen LogP contribution in [0.2, 0.25) is 0 Å². The van der Waals surface area contributed by atoms with Crippen molar-refractivity contribution in [1.29, 1.82) is 0 Å². The van der Waals surface area contributed by atoms with Crippen LogP contribution in [0.4, 0.5) is 0 Å². The van der Waals surface area contributed by atoms with Crippen molar-refractivity contribution in [2.45, 2.75) is 39.5 Å². The Morgan fingerprint density at radius 3 is 2.65 bits per heavy atom. The number of nitrogens with one attached hydrogen (secondary N) is 1. The van der Waals surface area contributed by atoms with Gasteiger partial charge in [-0.05, 0) is 43.7 Å². The van der Waals surface area contributed by atoms with E-state index in [0.29, 0.717) is 0 Å². The van der Waals surface area contributed by atoms with E-state index in [2.05, 4.69) is 43.9 Å². The van der Waals surface area contributed by atoms with Crippen LogP contribution in [-0.2, 0) is 0 Å². The number of benzene rings is 1. The average Bonchev–Trinajstić information content (AvgIpc) is 2.78. The second-order valence-corrected chi connectivity index (χ2v) is 5.33. The Labute approximate surface area is 105 Å². The molecule has 1 aliphatic carbocycles. The summed E-state index contributed by atoms with van der Waals surface area (Å²) in [4.78, 5) is 0. The van der Waals surface area contributed by atoms with Gasteiger partial charge in [0.25, 0.3) is 0 Å². The second-order valence-electron chi connectivity index (χ2n) is 5.33. The van der Waals surface area contributed by atoms with Crippen molar-refractivity contribution >= 4 is 5.70 Å². The lowest BCUT2D eigenvalue weighted by atomic mass is 10.0. The van der Waals surface area contributed by atoms with Crippen LogP contribution in [0.15, 0.2) is 24.8 Å². The molecule has 1 aromatic carbocycles. The summed E-state index contributed by atoms with van der Waals surface area (Å²) < 4.78 is 0. The third-order valence-corrected chi connectivity index (χ3v) is 3.79. The van der Waals surface area contributed by atoms with Crippen LogP contribution in [-0.4, -0.2) is 6.54 Å². The molecular formula is C16H23N. The zero-order valence-electron chi connectivity index (χ0n) is 11.1. The first-order valence-electron chi connectivity index (χ1n) is 6.67. The summed E-state index contributed by atoms with van der Waals surface area (Å²) in [6, 6.07) is 6.55. The maximum Gasteiger partial charge on any atom is 0.0343 e. The molecule has 0 aliphatic heterocycles. The van der Waals surface area contributed by atoms with Crippen molar-refractivity contribution in [2.24, 2.45) is 5.92 Å². The van der Waals surface area contributed by atoms with Crippen LogP contribution >= 0.6 is 0 Å². The molecule has 0 spiro atoms. The summed E-state index contributed by atoms with van der Waals surface area (Å²) in [5.41, 5.74) is 4.96. The normalized spacial score (nSPS) is 16.1. The van der Waals surface area contributed by atoms with E-state index in [-0.39, 0.29) is 0 Å². The zero-order chi connectivity index (χ0) is 12.3. The zero-order valence-corrected chi connectivity index (χ0v) is 11.1. The van der Waals surface area contributed by atoms with Crippen molar-refractivity contribution < 1.29 is 0 Å². The summed E-state index contributed by atoms with van der Waals surface area (Å²) in [6.07, 6.45) is 5.57. The maximum atomic E-state index is 4.17. The minimum absolute atomic E-state index is 0.859. The van der Waals surface area contributed by atoms with Gasteiger partial charge in [-0.3, -0.25) is 0 Å². The Hall–Kier alpha value is -1.24. The summed E-state index contributed by atoms with van der Waals surface area (Å²) >= 11 is 0. The molecule has 1 fully saturated rings. The van der Waals surface area contributed by atoms with Gasteiger partial charge in [0.2, 0.25) is 0 Å². The molecule has 1 nitrogen and oxygen atoms in total. The van der Waals surface area contributed by atoms with Gasteiger partial charge < -0.3 is 5.32 Å². The van der Waals surface area contributed by atoms with E-state index in [9.17, 15) is 0 Å². The van der Waals surface area contributed by atoms with E-state index < -0.39 is 0 Å². The predicted octanol–water partition coefficient (Wildman–Crippen LogP) is 4.05. The van der Waals surface area contributed by atoms with E-state index in [0.717, 1.165) is 18.2 Å². The van der Waals surface area contributed by atoms with Crippen molar-refractivity contribution in [3.8, 4) is 0 Å². The Morgan fingerprint density at radius 1 is 1.29 bits per heavy atom. The largest absolute Gasteiger partial charge is 0.385 e. The van der Waals surface area contributed by atoms with Crippen LogP contribution < -0.4 is 5.32 Å². The number of hydrogen-bond donors (Lipinski definition) is 1. The third-order valence-electron chi connectivity index (χ3n) is 3.79. The summed E-state index contributed by atoms with van der Waals surface area (Å²) in [7, 11) is 0. The molecule has 0 atom stereocenters. The van der Waals surface area contributed by atoms with Gasteiger partial charge in [0, 0.05) is 12.2 Å². The minimum atomic E-state index is 0.859. The Morgan fingerprint density at radius 2 is 2.00 bits per heavy atom. The van der Waals surface area contributed by atoms with E-state index in [1.165, 1.54) is 42.4 Å². The lowest BCUT2D eigenvalue weighted by molar-refractivity contribution is 0.531. The van der Waals surface area contributed by atoms with Crippen LogP contribution in [0.1, 0.15) is 42.4 Å². The van der Waals surface area contributed by atoms with Crippen LogP contribution in [0, 0.1) is 19.8 Å². The SMILES string of the molecule is C=C(NCC1CCCC1)c1ccc(C)cc1C. The van der Waals surface area contributed by atoms with E-state index in [1.807, 2.05) is 0 Å². The molecule has 1 N–H and O–H groups in total. The molecule has 0 saturated heterocycles. The molecule has 1 saturated carbocycles. The highest BCUT2D eigenvalue weighted by atomic mass is 14.9. The van der Waals surface area contributed by atoms with Crippen molar-refractivity contribution in [2.75, 3.05) is 6.54 Å². The van der Waals surface area contributed by atoms with Gasteiger partial charge in [-0.15, -0.1) is 0 Å². The fourth-order valence-electron chi connectivity index (χ4n) is 2.73. The number of hydrogen-bond acceptors (Lipinski definition) is 1. The Balaban J connectivity index is 1.94. The van der Waals surface area contributed by atoms with Gasteiger partial charge >= 0.3 is 0 Å². The molecule has 1 aromatic rings. The van der Waals surface area contributed by atoms with Crippen molar-refractivity contribution in [3.05, 3.63) is 41.5 Å². The lowest BCUT2D eigenvalue weighted by Crippen LogP contribution is -2.19. The Bertz CT molecular complexity index is 400. The third kappa shape index (κ3) is 3.12. The van der Waals surface area contributed by atoms with Crippen LogP contribution in [0.25, 0.3) is 5.70 Å². The van der Waals surface area contributed by atoms with E-state index >= 15 is 0 Å². The molecule has 0 heterocycles. The smallest absolute Gasteiger partial charge is 0.0343 e. The molecular weight excluding hydrogens is 206 g/mol. The van der Waals surface area contributed by atoms with Gasteiger partial charge in [-0.1, -0.05) is 43.2 Å². The topological polar surface area (TPSA) is 12.0 Å². The fourth-order valence-corrected chi connectivity index (χ4v) is 2.73. The molecule has 0 bridgehead atoms. The first-order valence-corrected chi connectivity index (χ1v) is 6.67. The van der Waals surface area contributed by atoms with E-state index in [4.69, 9.17) is 0 Å². The molecule has 0 aromatic heterocycles. The van der Waals surface area contributed by atoms with Crippen molar-refractivity contribution in [1.82, 2.24) is 5.32 Å². The lowest BCUT2D eigenvalue weighted by Gasteiger charge is -2.16. The van der Waals surface area contributed by atoms with Gasteiger partial charge in [0.15, 0.2) is 0 Å². The summed E-state index contributed by atoms with van der Waals surface area (Å²) in [5, 5.41) is 3.51.